The Kier molecular flexibility index (Phi) is 7.72. The molecule has 0 radical (unpaired) electrons. The van der Waals surface area contributed by atoms with Crippen molar-refractivity contribution in [2.45, 2.75) is 38.4 Å². The highest BCUT2D eigenvalue weighted by atomic mass is 32.2. The minimum absolute atomic E-state index is 0.0783. The van der Waals surface area contributed by atoms with Gasteiger partial charge in [-0.2, -0.15) is 0 Å². The first-order chi connectivity index (χ1) is 16.9. The lowest BCUT2D eigenvalue weighted by atomic mass is 10.0. The zero-order valence-electron chi connectivity index (χ0n) is 19.9. The molecule has 0 saturated carbocycles. The molecule has 1 amide bonds. The van der Waals surface area contributed by atoms with Crippen molar-refractivity contribution in [3.05, 3.63) is 89.7 Å². The molecule has 0 bridgehead atoms. The number of rotatable bonds is 9. The fourth-order valence-electron chi connectivity index (χ4n) is 3.66. The van der Waals surface area contributed by atoms with E-state index in [0.29, 0.717) is 17.4 Å². The van der Waals surface area contributed by atoms with Crippen LogP contribution in [-0.4, -0.2) is 43.2 Å². The molecule has 0 fully saturated rings. The van der Waals surface area contributed by atoms with E-state index in [1.807, 2.05) is 53.1 Å². The van der Waals surface area contributed by atoms with Crippen molar-refractivity contribution < 1.29 is 9.59 Å². The van der Waals surface area contributed by atoms with Gasteiger partial charge in [0.15, 0.2) is 16.8 Å². The van der Waals surface area contributed by atoms with Gasteiger partial charge >= 0.3 is 0 Å². The van der Waals surface area contributed by atoms with Crippen LogP contribution in [0.25, 0.3) is 17.1 Å². The normalized spacial score (nSPS) is 11.7. The highest BCUT2D eigenvalue weighted by Crippen LogP contribution is 2.28. The van der Waals surface area contributed by atoms with Crippen LogP contribution in [0.15, 0.2) is 78.2 Å². The molecule has 0 saturated heterocycles. The Balaban J connectivity index is 1.54. The van der Waals surface area contributed by atoms with Gasteiger partial charge in [0.05, 0.1) is 17.5 Å². The van der Waals surface area contributed by atoms with E-state index in [0.717, 1.165) is 22.4 Å². The number of carbonyl (C=O) groups is 2. The van der Waals surface area contributed by atoms with Gasteiger partial charge in [0.25, 0.3) is 0 Å². The van der Waals surface area contributed by atoms with Gasteiger partial charge in [-0.3, -0.25) is 19.1 Å². The number of ketones is 1. The van der Waals surface area contributed by atoms with Gasteiger partial charge in [0.1, 0.15) is 0 Å². The van der Waals surface area contributed by atoms with Gasteiger partial charge in [-0.25, -0.2) is 0 Å². The van der Waals surface area contributed by atoms with Gasteiger partial charge in [0, 0.05) is 18.0 Å². The van der Waals surface area contributed by atoms with Crippen molar-refractivity contribution >= 4 is 23.5 Å². The predicted octanol–water partition coefficient (Wildman–Crippen LogP) is 4.35. The first-order valence-corrected chi connectivity index (χ1v) is 12.3. The van der Waals surface area contributed by atoms with E-state index in [1.165, 1.54) is 24.2 Å². The molecule has 1 N–H and O–H groups in total. The average Bonchev–Trinajstić information content (AvgIpc) is 3.29. The average molecular weight is 486 g/mol. The molecule has 1 atom stereocenters. The number of nitrogens with one attached hydrogen (secondary N) is 1. The van der Waals surface area contributed by atoms with E-state index < -0.39 is 6.04 Å². The standard InChI is InChI=1S/C27H27N5O2S/c1-18-9-10-23(15-19(18)2)32-26(22-11-13-28-14-12-22)30-31-27(32)35-17-25(34)29-24(20(3)33)16-21-7-5-4-6-8-21/h4-15,24H,16-17H2,1-3H3,(H,29,34)/t24-/m0/s1. The van der Waals surface area contributed by atoms with Gasteiger partial charge in [-0.15, -0.1) is 10.2 Å². The van der Waals surface area contributed by atoms with E-state index in [9.17, 15) is 9.59 Å². The molecular formula is C27H27N5O2S. The van der Waals surface area contributed by atoms with Crippen LogP contribution >= 0.6 is 11.8 Å². The molecule has 0 aliphatic carbocycles. The van der Waals surface area contributed by atoms with Crippen LogP contribution in [-0.2, 0) is 16.0 Å². The molecule has 0 aliphatic heterocycles. The fraction of sp³-hybridized carbons (Fsp3) is 0.222. The third-order valence-corrected chi connectivity index (χ3v) is 6.69. The maximum absolute atomic E-state index is 12.8. The van der Waals surface area contributed by atoms with Gasteiger partial charge in [-0.1, -0.05) is 48.2 Å². The lowest BCUT2D eigenvalue weighted by Crippen LogP contribution is -2.42. The van der Waals surface area contributed by atoms with Crippen molar-refractivity contribution in [2.24, 2.45) is 0 Å². The van der Waals surface area contributed by atoms with Crippen molar-refractivity contribution in [1.82, 2.24) is 25.1 Å². The van der Waals surface area contributed by atoms with Crippen LogP contribution in [0.4, 0.5) is 0 Å². The lowest BCUT2D eigenvalue weighted by Gasteiger charge is -2.16. The molecule has 0 aliphatic rings. The van der Waals surface area contributed by atoms with Crippen LogP contribution in [0.2, 0.25) is 0 Å². The molecule has 2 aromatic heterocycles. The van der Waals surface area contributed by atoms with Gasteiger partial charge in [0.2, 0.25) is 5.91 Å². The van der Waals surface area contributed by atoms with E-state index in [-0.39, 0.29) is 17.4 Å². The molecule has 7 nitrogen and oxygen atoms in total. The Hall–Kier alpha value is -3.78. The Bertz CT molecular complexity index is 1320. The van der Waals surface area contributed by atoms with Crippen LogP contribution in [0.1, 0.15) is 23.6 Å². The number of hydrogen-bond acceptors (Lipinski definition) is 6. The Morgan fingerprint density at radius 3 is 2.40 bits per heavy atom. The number of amides is 1. The molecule has 2 heterocycles. The number of nitrogens with zero attached hydrogens (tertiary/aromatic N) is 4. The minimum Gasteiger partial charge on any atom is -0.345 e. The van der Waals surface area contributed by atoms with Gasteiger partial charge in [-0.05, 0) is 68.1 Å². The summed E-state index contributed by atoms with van der Waals surface area (Å²) >= 11 is 1.29. The maximum Gasteiger partial charge on any atom is 0.231 e. The summed E-state index contributed by atoms with van der Waals surface area (Å²) in [6.07, 6.45) is 3.88. The minimum atomic E-state index is -0.574. The zero-order chi connectivity index (χ0) is 24.8. The summed E-state index contributed by atoms with van der Waals surface area (Å²) in [4.78, 5) is 29.1. The van der Waals surface area contributed by atoms with Crippen LogP contribution in [0.5, 0.6) is 0 Å². The summed E-state index contributed by atoms with van der Waals surface area (Å²) in [6.45, 7) is 5.62. The van der Waals surface area contributed by atoms with Crippen LogP contribution < -0.4 is 5.32 Å². The summed E-state index contributed by atoms with van der Waals surface area (Å²) < 4.78 is 1.95. The first kappa shape index (κ1) is 24.3. The molecule has 4 aromatic rings. The summed E-state index contributed by atoms with van der Waals surface area (Å²) in [6, 6.07) is 19.0. The first-order valence-electron chi connectivity index (χ1n) is 11.3. The molecule has 178 valence electrons. The van der Waals surface area contributed by atoms with Crippen LogP contribution in [0, 0.1) is 13.8 Å². The Labute approximate surface area is 209 Å². The van der Waals surface area contributed by atoms with Crippen molar-refractivity contribution in [3.63, 3.8) is 0 Å². The van der Waals surface area contributed by atoms with E-state index in [2.05, 4.69) is 46.5 Å². The summed E-state index contributed by atoms with van der Waals surface area (Å²) in [7, 11) is 0. The number of pyridine rings is 1. The predicted molar refractivity (Wildman–Crippen MR) is 138 cm³/mol. The monoisotopic (exact) mass is 485 g/mol. The lowest BCUT2D eigenvalue weighted by molar-refractivity contribution is -0.125. The number of hydrogen-bond donors (Lipinski definition) is 1. The number of carbonyl (C=O) groups excluding carboxylic acids is 2. The smallest absolute Gasteiger partial charge is 0.231 e. The van der Waals surface area contributed by atoms with Crippen molar-refractivity contribution in [1.29, 1.82) is 0 Å². The second kappa shape index (κ2) is 11.1. The largest absolute Gasteiger partial charge is 0.345 e. The fourth-order valence-corrected chi connectivity index (χ4v) is 4.42. The highest BCUT2D eigenvalue weighted by molar-refractivity contribution is 7.99. The number of benzene rings is 2. The summed E-state index contributed by atoms with van der Waals surface area (Å²) in [5.41, 5.74) is 5.13. The molecule has 0 spiro atoms. The molecular weight excluding hydrogens is 458 g/mol. The van der Waals surface area contributed by atoms with E-state index >= 15 is 0 Å². The van der Waals surface area contributed by atoms with Crippen LogP contribution in [0.3, 0.4) is 0 Å². The second-order valence-electron chi connectivity index (χ2n) is 8.36. The SMILES string of the molecule is CC(=O)[C@H](Cc1ccccc1)NC(=O)CSc1nnc(-c2ccncc2)n1-c1ccc(C)c(C)c1. The Morgan fingerprint density at radius 1 is 0.971 bits per heavy atom. The highest BCUT2D eigenvalue weighted by Gasteiger charge is 2.21. The summed E-state index contributed by atoms with van der Waals surface area (Å²) in [5.74, 6) is 0.471. The quantitative estimate of drug-likeness (QED) is 0.355. The van der Waals surface area contributed by atoms with Gasteiger partial charge < -0.3 is 5.32 Å². The number of aryl methyl sites for hydroxylation is 2. The Morgan fingerprint density at radius 2 is 1.71 bits per heavy atom. The van der Waals surface area contributed by atoms with Crippen molar-refractivity contribution in [3.8, 4) is 17.1 Å². The van der Waals surface area contributed by atoms with E-state index in [4.69, 9.17) is 0 Å². The number of aromatic nitrogens is 4. The number of Topliss-reactive ketones (excluding diaryl/α,β-unsaturated/α-hetero) is 1. The summed E-state index contributed by atoms with van der Waals surface area (Å²) in [5, 5.41) is 12.3. The number of thioether (sulfide) groups is 1. The third kappa shape index (κ3) is 6.02. The topological polar surface area (TPSA) is 89.8 Å². The maximum atomic E-state index is 12.8. The van der Waals surface area contributed by atoms with Crippen molar-refractivity contribution in [2.75, 3.05) is 5.75 Å². The molecule has 4 rings (SSSR count). The molecule has 8 heteroatoms. The molecule has 2 aromatic carbocycles. The molecule has 0 unspecified atom stereocenters. The third-order valence-electron chi connectivity index (χ3n) is 5.76. The second-order valence-corrected chi connectivity index (χ2v) is 9.30. The van der Waals surface area contributed by atoms with E-state index in [1.54, 1.807) is 12.4 Å². The zero-order valence-corrected chi connectivity index (χ0v) is 20.7. The molecule has 35 heavy (non-hydrogen) atoms.